The molecule has 0 aromatic heterocycles. The van der Waals surface area contributed by atoms with Crippen molar-refractivity contribution in [2.75, 3.05) is 33.4 Å². The lowest BCUT2D eigenvalue weighted by atomic mass is 9.73. The Labute approximate surface area is 96.9 Å². The highest BCUT2D eigenvalue weighted by atomic mass is 16.5. The first-order valence-electron chi connectivity index (χ1n) is 6.04. The second kappa shape index (κ2) is 4.72. The fourth-order valence-corrected chi connectivity index (χ4v) is 3.06. The number of carbonyl (C=O) groups is 1. The van der Waals surface area contributed by atoms with Crippen molar-refractivity contribution < 1.29 is 14.3 Å². The molecule has 2 fully saturated rings. The van der Waals surface area contributed by atoms with E-state index in [4.69, 9.17) is 9.47 Å². The molecule has 0 spiro atoms. The van der Waals surface area contributed by atoms with Gasteiger partial charge in [-0.25, -0.2) is 0 Å². The molecule has 16 heavy (non-hydrogen) atoms. The molecule has 0 N–H and O–H groups in total. The van der Waals surface area contributed by atoms with E-state index in [1.165, 1.54) is 0 Å². The van der Waals surface area contributed by atoms with Gasteiger partial charge in [0.25, 0.3) is 0 Å². The van der Waals surface area contributed by atoms with Gasteiger partial charge >= 0.3 is 0 Å². The Kier molecular flexibility index (Phi) is 3.50. The number of hydrogen-bond acceptors (Lipinski definition) is 3. The Bertz CT molecular complexity index is 265. The lowest BCUT2D eigenvalue weighted by Crippen LogP contribution is -2.57. The van der Waals surface area contributed by atoms with Crippen LogP contribution in [0.25, 0.3) is 0 Å². The second-order valence-electron chi connectivity index (χ2n) is 4.99. The van der Waals surface area contributed by atoms with Gasteiger partial charge in [-0.2, -0.15) is 0 Å². The maximum absolute atomic E-state index is 11.5. The summed E-state index contributed by atoms with van der Waals surface area (Å²) in [4.78, 5) is 13.4. The highest BCUT2D eigenvalue weighted by molar-refractivity contribution is 5.73. The summed E-state index contributed by atoms with van der Waals surface area (Å²) in [5, 5.41) is 0. The minimum atomic E-state index is 0.0386. The third-order valence-electron chi connectivity index (χ3n) is 3.87. The topological polar surface area (TPSA) is 38.8 Å². The van der Waals surface area contributed by atoms with Crippen LogP contribution in [0.5, 0.6) is 0 Å². The van der Waals surface area contributed by atoms with E-state index in [1.807, 2.05) is 4.90 Å². The molecular formula is C12H21NO3. The Morgan fingerprint density at radius 1 is 1.62 bits per heavy atom. The van der Waals surface area contributed by atoms with E-state index in [2.05, 4.69) is 0 Å². The second-order valence-corrected chi connectivity index (χ2v) is 4.99. The monoisotopic (exact) mass is 227 g/mol. The number of fused-ring (bicyclic) bond motifs is 1. The lowest BCUT2D eigenvalue weighted by molar-refractivity contribution is -0.160. The predicted octanol–water partition coefficient (Wildman–Crippen LogP) is 1.05. The third kappa shape index (κ3) is 2.09. The van der Waals surface area contributed by atoms with Crippen molar-refractivity contribution >= 4 is 5.91 Å². The quantitative estimate of drug-likeness (QED) is 0.708. The van der Waals surface area contributed by atoms with Crippen molar-refractivity contribution in [2.45, 2.75) is 32.3 Å². The molecular weight excluding hydrogens is 206 g/mol. The van der Waals surface area contributed by atoms with Crippen molar-refractivity contribution in [2.24, 2.45) is 5.41 Å². The molecule has 2 atom stereocenters. The minimum absolute atomic E-state index is 0.0386. The van der Waals surface area contributed by atoms with Crippen LogP contribution in [0.2, 0.25) is 0 Å². The van der Waals surface area contributed by atoms with Crippen LogP contribution in [-0.4, -0.2) is 50.3 Å². The van der Waals surface area contributed by atoms with E-state index in [0.717, 1.165) is 39.0 Å². The number of ether oxygens (including phenoxy) is 2. The van der Waals surface area contributed by atoms with Crippen LogP contribution in [0.1, 0.15) is 26.2 Å². The number of likely N-dealkylation sites (tertiary alicyclic amines) is 1. The summed E-state index contributed by atoms with van der Waals surface area (Å²) >= 11 is 0. The van der Waals surface area contributed by atoms with Gasteiger partial charge in [0, 0.05) is 39.1 Å². The Morgan fingerprint density at radius 3 is 3.12 bits per heavy atom. The number of hydrogen-bond donors (Lipinski definition) is 0. The van der Waals surface area contributed by atoms with E-state index in [-0.39, 0.29) is 17.4 Å². The zero-order valence-electron chi connectivity index (χ0n) is 10.2. The van der Waals surface area contributed by atoms with Crippen LogP contribution < -0.4 is 0 Å². The summed E-state index contributed by atoms with van der Waals surface area (Å²) in [5.74, 6) is 0.166. The molecule has 0 bridgehead atoms. The van der Waals surface area contributed by atoms with Gasteiger partial charge < -0.3 is 14.4 Å². The van der Waals surface area contributed by atoms with Crippen LogP contribution in [0.15, 0.2) is 0 Å². The predicted molar refractivity (Wildman–Crippen MR) is 60.2 cm³/mol. The molecule has 2 saturated heterocycles. The standard InChI is InChI=1S/C12H21NO3/c1-10(14)13-6-4-11-12(8-13,9-15-2)5-3-7-16-11/h11H,3-9H2,1-2H3. The maximum atomic E-state index is 11.5. The van der Waals surface area contributed by atoms with Crippen molar-refractivity contribution in [1.29, 1.82) is 0 Å². The number of rotatable bonds is 2. The van der Waals surface area contributed by atoms with Gasteiger partial charge in [-0.3, -0.25) is 4.79 Å². The molecule has 4 nitrogen and oxygen atoms in total. The molecule has 0 aliphatic carbocycles. The van der Waals surface area contributed by atoms with Gasteiger partial charge in [0.15, 0.2) is 0 Å². The largest absolute Gasteiger partial charge is 0.384 e. The van der Waals surface area contributed by atoms with Gasteiger partial charge in [0.2, 0.25) is 5.91 Å². The first-order chi connectivity index (χ1) is 7.68. The number of piperidine rings is 1. The molecule has 2 unspecified atom stereocenters. The molecule has 0 saturated carbocycles. The summed E-state index contributed by atoms with van der Waals surface area (Å²) in [6, 6.07) is 0. The average Bonchev–Trinajstić information content (AvgIpc) is 2.28. The van der Waals surface area contributed by atoms with Crippen molar-refractivity contribution in [3.8, 4) is 0 Å². The Morgan fingerprint density at radius 2 is 2.44 bits per heavy atom. The first-order valence-corrected chi connectivity index (χ1v) is 6.04. The molecule has 1 amide bonds. The lowest BCUT2D eigenvalue weighted by Gasteiger charge is -2.50. The van der Waals surface area contributed by atoms with Crippen LogP contribution in [0.3, 0.4) is 0 Å². The van der Waals surface area contributed by atoms with Crippen molar-refractivity contribution in [3.63, 3.8) is 0 Å². The number of amides is 1. The number of nitrogens with zero attached hydrogens (tertiary/aromatic N) is 1. The summed E-state index contributed by atoms with van der Waals surface area (Å²) < 4.78 is 11.2. The van der Waals surface area contributed by atoms with Gasteiger partial charge in [-0.1, -0.05) is 0 Å². The zero-order chi connectivity index (χ0) is 11.6. The van der Waals surface area contributed by atoms with Gasteiger partial charge in [0.1, 0.15) is 0 Å². The van der Waals surface area contributed by atoms with E-state index >= 15 is 0 Å². The van der Waals surface area contributed by atoms with Crippen LogP contribution >= 0.6 is 0 Å². The van der Waals surface area contributed by atoms with E-state index < -0.39 is 0 Å². The molecule has 0 radical (unpaired) electrons. The van der Waals surface area contributed by atoms with Gasteiger partial charge in [0.05, 0.1) is 12.7 Å². The molecule has 92 valence electrons. The van der Waals surface area contributed by atoms with Gasteiger partial charge in [-0.05, 0) is 19.3 Å². The number of carbonyl (C=O) groups excluding carboxylic acids is 1. The summed E-state index contributed by atoms with van der Waals surface area (Å²) in [6.45, 7) is 4.81. The minimum Gasteiger partial charge on any atom is -0.384 e. The summed E-state index contributed by atoms with van der Waals surface area (Å²) in [6.07, 6.45) is 3.40. The molecule has 2 aliphatic heterocycles. The SMILES string of the molecule is COCC12CCCOC1CCN(C(C)=O)C2. The molecule has 2 heterocycles. The van der Waals surface area contributed by atoms with Crippen molar-refractivity contribution in [3.05, 3.63) is 0 Å². The maximum Gasteiger partial charge on any atom is 0.219 e. The third-order valence-corrected chi connectivity index (χ3v) is 3.87. The fourth-order valence-electron chi connectivity index (χ4n) is 3.06. The molecule has 2 rings (SSSR count). The van der Waals surface area contributed by atoms with E-state index in [9.17, 15) is 4.79 Å². The normalized spacial score (nSPS) is 34.6. The first kappa shape index (κ1) is 11.9. The highest BCUT2D eigenvalue weighted by Crippen LogP contribution is 2.40. The Balaban J connectivity index is 2.13. The van der Waals surface area contributed by atoms with E-state index in [1.54, 1.807) is 14.0 Å². The number of methoxy groups -OCH3 is 1. The summed E-state index contributed by atoms with van der Waals surface area (Å²) in [5.41, 5.74) is 0.0386. The van der Waals surface area contributed by atoms with Crippen molar-refractivity contribution in [1.82, 2.24) is 4.90 Å². The molecule has 0 aromatic rings. The highest BCUT2D eigenvalue weighted by Gasteiger charge is 2.46. The van der Waals surface area contributed by atoms with E-state index in [0.29, 0.717) is 6.61 Å². The molecule has 0 aromatic carbocycles. The smallest absolute Gasteiger partial charge is 0.219 e. The average molecular weight is 227 g/mol. The molecule has 2 aliphatic rings. The van der Waals surface area contributed by atoms with Crippen LogP contribution in [0.4, 0.5) is 0 Å². The fraction of sp³-hybridized carbons (Fsp3) is 0.917. The Hall–Kier alpha value is -0.610. The molecule has 4 heteroatoms. The summed E-state index contributed by atoms with van der Waals surface area (Å²) in [7, 11) is 1.73. The van der Waals surface area contributed by atoms with Gasteiger partial charge in [-0.15, -0.1) is 0 Å². The van der Waals surface area contributed by atoms with Crippen LogP contribution in [0, 0.1) is 5.41 Å². The van der Waals surface area contributed by atoms with Crippen LogP contribution in [-0.2, 0) is 14.3 Å². The zero-order valence-corrected chi connectivity index (χ0v) is 10.2.